The van der Waals surface area contributed by atoms with E-state index in [1.54, 1.807) is 0 Å². The van der Waals surface area contributed by atoms with E-state index in [0.29, 0.717) is 37.5 Å². The molecular weight excluding hydrogens is 330 g/mol. The van der Waals surface area contributed by atoms with Crippen LogP contribution in [0.4, 0.5) is 0 Å². The van der Waals surface area contributed by atoms with Crippen LogP contribution in [0, 0.1) is 11.8 Å². The second-order valence-electron chi connectivity index (χ2n) is 8.56. The summed E-state index contributed by atoms with van der Waals surface area (Å²) in [5.41, 5.74) is 0. The fourth-order valence-corrected chi connectivity index (χ4v) is 4.69. The standard InChI is InChI=1S/C20H35N3O3/c1-15(2)11-18(22-7-9-26-10-8-22)13-21-20(25)16-12-19(24)23(14-16)17-5-3-4-6-17/h15-18H,3-14H2,1-2H3,(H,21,25). The normalized spacial score (nSPS) is 26.7. The van der Waals surface area contributed by atoms with Gasteiger partial charge in [0.2, 0.25) is 11.8 Å². The number of morpholine rings is 1. The number of likely N-dealkylation sites (tertiary alicyclic amines) is 1. The van der Waals surface area contributed by atoms with Crippen molar-refractivity contribution in [2.24, 2.45) is 11.8 Å². The van der Waals surface area contributed by atoms with Gasteiger partial charge in [0.15, 0.2) is 0 Å². The zero-order chi connectivity index (χ0) is 18.5. The zero-order valence-electron chi connectivity index (χ0n) is 16.4. The van der Waals surface area contributed by atoms with Gasteiger partial charge in [0.25, 0.3) is 0 Å². The lowest BCUT2D eigenvalue weighted by Gasteiger charge is -2.35. The monoisotopic (exact) mass is 365 g/mol. The van der Waals surface area contributed by atoms with Crippen molar-refractivity contribution in [3.05, 3.63) is 0 Å². The molecule has 6 heteroatoms. The molecule has 2 unspecified atom stereocenters. The number of carbonyl (C=O) groups is 2. The first-order chi connectivity index (χ1) is 12.5. The van der Waals surface area contributed by atoms with E-state index in [1.165, 1.54) is 12.8 Å². The van der Waals surface area contributed by atoms with Gasteiger partial charge < -0.3 is 15.0 Å². The summed E-state index contributed by atoms with van der Waals surface area (Å²) in [4.78, 5) is 29.4. The van der Waals surface area contributed by atoms with Gasteiger partial charge in [-0.25, -0.2) is 0 Å². The SMILES string of the molecule is CC(C)CC(CNC(=O)C1CC(=O)N(C2CCCC2)C1)N1CCOCC1. The van der Waals surface area contributed by atoms with Gasteiger partial charge in [0.05, 0.1) is 19.1 Å². The average Bonchev–Trinajstić information content (AvgIpc) is 3.28. The third-order valence-corrected chi connectivity index (χ3v) is 6.11. The summed E-state index contributed by atoms with van der Waals surface area (Å²) in [6.07, 6.45) is 6.08. The smallest absolute Gasteiger partial charge is 0.225 e. The predicted molar refractivity (Wildman–Crippen MR) is 101 cm³/mol. The van der Waals surface area contributed by atoms with Gasteiger partial charge in [-0.2, -0.15) is 0 Å². The van der Waals surface area contributed by atoms with Gasteiger partial charge in [-0.05, 0) is 25.2 Å². The molecule has 1 N–H and O–H groups in total. The Balaban J connectivity index is 1.50. The summed E-state index contributed by atoms with van der Waals surface area (Å²) in [5.74, 6) is 0.642. The van der Waals surface area contributed by atoms with Crippen LogP contribution in [0.25, 0.3) is 0 Å². The molecule has 3 fully saturated rings. The van der Waals surface area contributed by atoms with E-state index < -0.39 is 0 Å². The molecule has 2 amide bonds. The molecule has 0 aromatic carbocycles. The molecule has 0 aromatic heterocycles. The second-order valence-corrected chi connectivity index (χ2v) is 8.56. The van der Waals surface area contributed by atoms with Crippen LogP contribution in [-0.2, 0) is 14.3 Å². The van der Waals surface area contributed by atoms with E-state index in [-0.39, 0.29) is 17.7 Å². The van der Waals surface area contributed by atoms with E-state index in [1.807, 2.05) is 4.90 Å². The highest BCUT2D eigenvalue weighted by Gasteiger charge is 2.38. The van der Waals surface area contributed by atoms with Crippen molar-refractivity contribution < 1.29 is 14.3 Å². The highest BCUT2D eigenvalue weighted by atomic mass is 16.5. The molecule has 2 atom stereocenters. The van der Waals surface area contributed by atoms with Crippen molar-refractivity contribution >= 4 is 11.8 Å². The lowest BCUT2D eigenvalue weighted by Crippen LogP contribution is -2.50. The van der Waals surface area contributed by atoms with Crippen LogP contribution in [0.5, 0.6) is 0 Å². The Morgan fingerprint density at radius 1 is 1.23 bits per heavy atom. The van der Waals surface area contributed by atoms with E-state index in [9.17, 15) is 9.59 Å². The number of amides is 2. The lowest BCUT2D eigenvalue weighted by molar-refractivity contribution is -0.130. The van der Waals surface area contributed by atoms with Crippen LogP contribution in [0.3, 0.4) is 0 Å². The van der Waals surface area contributed by atoms with Crippen molar-refractivity contribution in [1.29, 1.82) is 0 Å². The summed E-state index contributed by atoms with van der Waals surface area (Å²) in [5, 5.41) is 3.16. The van der Waals surface area contributed by atoms with Gasteiger partial charge in [0, 0.05) is 44.7 Å². The van der Waals surface area contributed by atoms with Crippen molar-refractivity contribution in [3.8, 4) is 0 Å². The van der Waals surface area contributed by atoms with E-state index >= 15 is 0 Å². The molecule has 6 nitrogen and oxygen atoms in total. The predicted octanol–water partition coefficient (Wildman–Crippen LogP) is 1.64. The number of carbonyl (C=O) groups excluding carboxylic acids is 2. The third kappa shape index (κ3) is 4.97. The molecule has 148 valence electrons. The lowest BCUT2D eigenvalue weighted by atomic mass is 10.0. The molecule has 0 bridgehead atoms. The minimum Gasteiger partial charge on any atom is -0.379 e. The molecule has 3 rings (SSSR count). The maximum absolute atomic E-state index is 12.7. The number of hydrogen-bond donors (Lipinski definition) is 1. The van der Waals surface area contributed by atoms with Gasteiger partial charge in [-0.15, -0.1) is 0 Å². The Bertz CT molecular complexity index is 485. The number of rotatable bonds is 7. The molecule has 0 spiro atoms. The van der Waals surface area contributed by atoms with Gasteiger partial charge in [0.1, 0.15) is 0 Å². The largest absolute Gasteiger partial charge is 0.379 e. The van der Waals surface area contributed by atoms with Crippen molar-refractivity contribution in [2.45, 2.75) is 64.5 Å². The molecule has 2 saturated heterocycles. The fourth-order valence-electron chi connectivity index (χ4n) is 4.69. The Morgan fingerprint density at radius 3 is 2.58 bits per heavy atom. The topological polar surface area (TPSA) is 61.9 Å². The Morgan fingerprint density at radius 2 is 1.92 bits per heavy atom. The van der Waals surface area contributed by atoms with Gasteiger partial charge >= 0.3 is 0 Å². The summed E-state index contributed by atoms with van der Waals surface area (Å²) >= 11 is 0. The molecule has 1 saturated carbocycles. The second kappa shape index (κ2) is 9.18. The number of ether oxygens (including phenoxy) is 1. The molecule has 2 aliphatic heterocycles. The maximum Gasteiger partial charge on any atom is 0.225 e. The molecule has 0 radical (unpaired) electrons. The Kier molecular flexibility index (Phi) is 6.92. The van der Waals surface area contributed by atoms with Crippen LogP contribution >= 0.6 is 0 Å². The Hall–Kier alpha value is -1.14. The van der Waals surface area contributed by atoms with Crippen molar-refractivity contribution in [2.75, 3.05) is 39.4 Å². The summed E-state index contributed by atoms with van der Waals surface area (Å²) in [6, 6.07) is 0.730. The molecule has 0 aromatic rings. The number of nitrogens with one attached hydrogen (secondary N) is 1. The van der Waals surface area contributed by atoms with Crippen molar-refractivity contribution in [1.82, 2.24) is 15.1 Å². The van der Waals surface area contributed by atoms with Gasteiger partial charge in [-0.3, -0.25) is 14.5 Å². The summed E-state index contributed by atoms with van der Waals surface area (Å²) in [7, 11) is 0. The first kappa shape index (κ1) is 19.6. The maximum atomic E-state index is 12.7. The number of hydrogen-bond acceptors (Lipinski definition) is 4. The number of nitrogens with zero attached hydrogens (tertiary/aromatic N) is 2. The first-order valence-corrected chi connectivity index (χ1v) is 10.4. The first-order valence-electron chi connectivity index (χ1n) is 10.4. The zero-order valence-corrected chi connectivity index (χ0v) is 16.4. The van der Waals surface area contributed by atoms with E-state index in [0.717, 1.165) is 45.6 Å². The highest BCUT2D eigenvalue weighted by molar-refractivity contribution is 5.89. The third-order valence-electron chi connectivity index (χ3n) is 6.11. The summed E-state index contributed by atoms with van der Waals surface area (Å²) in [6.45, 7) is 9.16. The minimum atomic E-state index is -0.174. The Labute approximate surface area is 157 Å². The van der Waals surface area contributed by atoms with Gasteiger partial charge in [-0.1, -0.05) is 26.7 Å². The quantitative estimate of drug-likeness (QED) is 0.745. The molecular formula is C20H35N3O3. The fraction of sp³-hybridized carbons (Fsp3) is 0.900. The van der Waals surface area contributed by atoms with Crippen molar-refractivity contribution in [3.63, 3.8) is 0 Å². The molecule has 3 aliphatic rings. The molecule has 2 heterocycles. The van der Waals surface area contributed by atoms with Crippen LogP contribution in [0.2, 0.25) is 0 Å². The van der Waals surface area contributed by atoms with Crippen LogP contribution in [0.1, 0.15) is 52.4 Å². The van der Waals surface area contributed by atoms with Crippen LogP contribution in [-0.4, -0.2) is 73.1 Å². The van der Waals surface area contributed by atoms with E-state index in [2.05, 4.69) is 24.1 Å². The molecule has 26 heavy (non-hydrogen) atoms. The van der Waals surface area contributed by atoms with Crippen LogP contribution < -0.4 is 5.32 Å². The molecule has 1 aliphatic carbocycles. The highest BCUT2D eigenvalue weighted by Crippen LogP contribution is 2.29. The average molecular weight is 366 g/mol. The van der Waals surface area contributed by atoms with E-state index in [4.69, 9.17) is 4.74 Å². The summed E-state index contributed by atoms with van der Waals surface area (Å²) < 4.78 is 5.46. The minimum absolute atomic E-state index is 0.0564. The van der Waals surface area contributed by atoms with Crippen LogP contribution in [0.15, 0.2) is 0 Å².